The van der Waals surface area contributed by atoms with E-state index in [1.54, 1.807) is 12.1 Å². The number of nitrogens with one attached hydrogen (secondary N) is 1. The number of carboxylic acid groups (broad SMARTS) is 1. The zero-order chi connectivity index (χ0) is 33.8. The van der Waals surface area contributed by atoms with E-state index in [1.807, 2.05) is 142 Å². The van der Waals surface area contributed by atoms with Crippen molar-refractivity contribution in [2.24, 2.45) is 0 Å². The van der Waals surface area contributed by atoms with Gasteiger partial charge < -0.3 is 24.9 Å². The Balaban J connectivity index is 0.00000520. The van der Waals surface area contributed by atoms with E-state index in [9.17, 15) is 14.7 Å². The molecule has 0 fully saturated rings. The van der Waals surface area contributed by atoms with Crippen molar-refractivity contribution in [1.29, 1.82) is 0 Å². The molecule has 0 aliphatic heterocycles. The van der Waals surface area contributed by atoms with Gasteiger partial charge in [0.15, 0.2) is 0 Å². The van der Waals surface area contributed by atoms with E-state index >= 15 is 0 Å². The Morgan fingerprint density at radius 2 is 1.06 bits per heavy atom. The van der Waals surface area contributed by atoms with Crippen LogP contribution in [0, 0.1) is 6.07 Å². The molecule has 5 rings (SSSR count). The largest absolute Gasteiger partial charge is 0.512 e. The molecule has 0 saturated heterocycles. The summed E-state index contributed by atoms with van der Waals surface area (Å²) >= 11 is 1.53. The first-order valence-corrected chi connectivity index (χ1v) is 16.4. The summed E-state index contributed by atoms with van der Waals surface area (Å²) in [5.41, 5.74) is 8.29. The van der Waals surface area contributed by atoms with Gasteiger partial charge in [-0.15, -0.1) is 23.4 Å². The summed E-state index contributed by atoms with van der Waals surface area (Å²) in [7, 11) is 14.1. The van der Waals surface area contributed by atoms with Gasteiger partial charge in [0, 0.05) is 103 Å². The van der Waals surface area contributed by atoms with Crippen molar-refractivity contribution in [2.45, 2.75) is 9.79 Å². The molecule has 0 aliphatic carbocycles. The fourth-order valence-corrected chi connectivity index (χ4v) is 6.56. The third-order valence-electron chi connectivity index (χ3n) is 7.90. The SMILES string of the molecule is CN(C)c1ccc(-c2[c-]c(C(=O)O)c(-c3ccc(N(C)C)cc3)c(-c3ccc(N(C)C)cc3)c2Sc2ccc(C(=O)NP)cc2)cc1.[Y]. The number of carbonyl (C=O) groups excluding carboxylic acids is 1. The fourth-order valence-electron chi connectivity index (χ4n) is 5.29. The predicted octanol–water partition coefficient (Wildman–Crippen LogP) is 8.05. The van der Waals surface area contributed by atoms with Gasteiger partial charge >= 0.3 is 0 Å². The molecule has 0 aliphatic rings. The molecule has 0 spiro atoms. The van der Waals surface area contributed by atoms with Crippen LogP contribution in [0.4, 0.5) is 17.1 Å². The fraction of sp³-hybridized carbons (Fsp3) is 0.158. The minimum Gasteiger partial charge on any atom is -0.512 e. The molecule has 0 saturated carbocycles. The van der Waals surface area contributed by atoms with Crippen LogP contribution in [-0.4, -0.2) is 59.3 Å². The summed E-state index contributed by atoms with van der Waals surface area (Å²) in [6.07, 6.45) is 0. The van der Waals surface area contributed by atoms with Gasteiger partial charge in [-0.3, -0.25) is 9.59 Å². The van der Waals surface area contributed by atoms with Crippen molar-refractivity contribution in [3.8, 4) is 33.4 Å². The molecule has 1 radical (unpaired) electrons. The Hall–Kier alpha value is -3.68. The van der Waals surface area contributed by atoms with E-state index < -0.39 is 5.97 Å². The topological polar surface area (TPSA) is 76.1 Å². The standard InChI is InChI=1S/C38H38N4O3PS.Y/c1-40(2)28-15-7-24(8-16-28)32-23-33(38(44)45)34(25-9-17-29(18-10-25)41(3)4)35(26-11-19-30(20-12-26)42(5)6)36(32)47-31-21-13-27(14-22-31)37(43)39-46;/h7-22H,46H2,1-6H3,(H,39,43)(H,44,45);/q-1;. The van der Waals surface area contributed by atoms with Crippen LogP contribution in [0.1, 0.15) is 20.7 Å². The maximum atomic E-state index is 13.1. The Bertz CT molecular complexity index is 1900. The second-order valence-corrected chi connectivity index (χ2v) is 13.1. The van der Waals surface area contributed by atoms with Crippen LogP contribution in [0.5, 0.6) is 0 Å². The van der Waals surface area contributed by atoms with E-state index in [1.165, 1.54) is 11.8 Å². The smallest absolute Gasteiger partial charge is 0.266 e. The van der Waals surface area contributed by atoms with Gasteiger partial charge in [0.1, 0.15) is 0 Å². The number of hydrogen-bond acceptors (Lipinski definition) is 6. The van der Waals surface area contributed by atoms with E-state index in [-0.39, 0.29) is 44.2 Å². The summed E-state index contributed by atoms with van der Waals surface area (Å²) in [6, 6.07) is 34.9. The molecular formula is C38H38N4O3PSY-. The van der Waals surface area contributed by atoms with Crippen LogP contribution in [0.25, 0.3) is 33.4 Å². The molecule has 243 valence electrons. The second kappa shape index (κ2) is 16.1. The minimum absolute atomic E-state index is 0. The minimum atomic E-state index is -1.06. The second-order valence-electron chi connectivity index (χ2n) is 11.7. The van der Waals surface area contributed by atoms with Crippen LogP contribution in [-0.2, 0) is 32.7 Å². The van der Waals surface area contributed by atoms with Gasteiger partial charge in [0.25, 0.3) is 11.9 Å². The van der Waals surface area contributed by atoms with Crippen molar-refractivity contribution < 1.29 is 47.4 Å². The number of nitrogens with zero attached hydrogens (tertiary/aromatic N) is 3. The molecule has 48 heavy (non-hydrogen) atoms. The van der Waals surface area contributed by atoms with Crippen LogP contribution in [0.3, 0.4) is 0 Å². The quantitative estimate of drug-likeness (QED) is 0.111. The summed E-state index contributed by atoms with van der Waals surface area (Å²) in [5.74, 6) is -1.25. The van der Waals surface area contributed by atoms with Gasteiger partial charge in [-0.05, 0) is 86.1 Å². The summed E-state index contributed by atoms with van der Waals surface area (Å²) in [5, 5.41) is 13.3. The average molecular weight is 751 g/mol. The molecule has 0 aromatic heterocycles. The van der Waals surface area contributed by atoms with Crippen molar-refractivity contribution in [2.75, 3.05) is 57.0 Å². The van der Waals surface area contributed by atoms with Gasteiger partial charge in [-0.2, -0.15) is 0 Å². The third-order valence-corrected chi connectivity index (χ3v) is 9.29. The van der Waals surface area contributed by atoms with Gasteiger partial charge in [-0.1, -0.05) is 58.7 Å². The Kier molecular flexibility index (Phi) is 12.5. The zero-order valence-electron chi connectivity index (χ0n) is 27.9. The van der Waals surface area contributed by atoms with Crippen LogP contribution in [0.2, 0.25) is 0 Å². The summed E-state index contributed by atoms with van der Waals surface area (Å²) in [6.45, 7) is 0. The number of carboxylic acids is 1. The van der Waals surface area contributed by atoms with Crippen molar-refractivity contribution in [3.63, 3.8) is 0 Å². The van der Waals surface area contributed by atoms with Crippen LogP contribution in [0.15, 0.2) is 107 Å². The molecule has 1 unspecified atom stereocenters. The number of aromatic carboxylic acids is 1. The van der Waals surface area contributed by atoms with Crippen LogP contribution < -0.4 is 19.8 Å². The molecule has 7 nitrogen and oxygen atoms in total. The number of benzene rings is 5. The third kappa shape index (κ3) is 8.12. The van der Waals surface area contributed by atoms with Gasteiger partial charge in [0.05, 0.1) is 0 Å². The molecule has 0 bridgehead atoms. The summed E-state index contributed by atoms with van der Waals surface area (Å²) in [4.78, 5) is 33.2. The number of rotatable bonds is 10. The van der Waals surface area contributed by atoms with Gasteiger partial charge in [-0.25, -0.2) is 0 Å². The molecule has 2 N–H and O–H groups in total. The first-order chi connectivity index (χ1) is 22.5. The van der Waals surface area contributed by atoms with Crippen molar-refractivity contribution in [1.82, 2.24) is 5.09 Å². The molecule has 1 amide bonds. The molecule has 5 aromatic rings. The molecule has 10 heteroatoms. The number of amides is 1. The molecule has 1 atom stereocenters. The van der Waals surface area contributed by atoms with Crippen molar-refractivity contribution in [3.05, 3.63) is 114 Å². The monoisotopic (exact) mass is 750 g/mol. The Morgan fingerprint density at radius 1 is 0.646 bits per heavy atom. The Labute approximate surface area is 314 Å². The van der Waals surface area contributed by atoms with Gasteiger partial charge in [0.2, 0.25) is 0 Å². The molecular weight excluding hydrogens is 712 g/mol. The number of anilines is 3. The number of carbonyl (C=O) groups is 2. The zero-order valence-corrected chi connectivity index (χ0v) is 32.7. The maximum Gasteiger partial charge on any atom is 0.266 e. The van der Waals surface area contributed by atoms with E-state index in [2.05, 4.69) is 20.5 Å². The number of hydrogen-bond donors (Lipinski definition) is 2. The molecule has 5 aromatic carbocycles. The van der Waals surface area contributed by atoms with E-state index in [0.717, 1.165) is 49.1 Å². The maximum absolute atomic E-state index is 13.1. The predicted molar refractivity (Wildman–Crippen MR) is 199 cm³/mol. The first-order valence-electron chi connectivity index (χ1n) is 15.0. The summed E-state index contributed by atoms with van der Waals surface area (Å²) < 4.78 is 0. The normalized spacial score (nSPS) is 10.6. The first kappa shape index (κ1) is 37.1. The van der Waals surface area contributed by atoms with E-state index in [4.69, 9.17) is 0 Å². The van der Waals surface area contributed by atoms with Crippen LogP contribution >= 0.6 is 21.2 Å². The molecule has 0 heterocycles. The van der Waals surface area contributed by atoms with Crippen molar-refractivity contribution >= 4 is 50.1 Å². The average Bonchev–Trinajstić information content (AvgIpc) is 3.08. The Morgan fingerprint density at radius 3 is 1.46 bits per heavy atom. The van der Waals surface area contributed by atoms with E-state index in [0.29, 0.717) is 16.7 Å².